The Hall–Kier alpha value is -2.99. The lowest BCUT2D eigenvalue weighted by Gasteiger charge is -2.25. The lowest BCUT2D eigenvalue weighted by atomic mass is 10.0. The molecule has 2 aromatic carbocycles. The number of hydrogen-bond acceptors (Lipinski definition) is 7. The van der Waals surface area contributed by atoms with Gasteiger partial charge in [-0.15, -0.1) is 11.3 Å². The Morgan fingerprint density at radius 2 is 1.80 bits per heavy atom. The molecular weight excluding hydrogens is 537 g/mol. The number of amides is 3. The van der Waals surface area contributed by atoms with Gasteiger partial charge in [0.15, 0.2) is 11.5 Å². The van der Waals surface area contributed by atoms with Crippen LogP contribution in [0.5, 0.6) is 11.5 Å². The number of halogens is 2. The van der Waals surface area contributed by atoms with E-state index in [1.165, 1.54) is 4.90 Å². The average molecular weight is 556 g/mol. The van der Waals surface area contributed by atoms with E-state index >= 15 is 0 Å². The summed E-state index contributed by atoms with van der Waals surface area (Å²) < 4.78 is 37.9. The van der Waals surface area contributed by atoms with Crippen LogP contribution >= 0.6 is 34.5 Å². The van der Waals surface area contributed by atoms with Gasteiger partial charge in [0.25, 0.3) is 10.0 Å². The molecule has 0 saturated carbocycles. The molecule has 0 radical (unpaired) electrons. The molecule has 0 saturated heterocycles. The molecule has 0 bridgehead atoms. The van der Waals surface area contributed by atoms with Crippen LogP contribution in [-0.2, 0) is 21.2 Å². The van der Waals surface area contributed by atoms with E-state index in [4.69, 9.17) is 32.7 Å². The van der Waals surface area contributed by atoms with Gasteiger partial charge < -0.3 is 19.7 Å². The molecule has 2 heterocycles. The summed E-state index contributed by atoms with van der Waals surface area (Å²) in [5.41, 5.74) is 1.27. The molecular formula is C22H19Cl2N3O6S2. The summed E-state index contributed by atoms with van der Waals surface area (Å²) in [7, 11) is -2.77. The lowest BCUT2D eigenvalue weighted by Crippen LogP contribution is -2.52. The summed E-state index contributed by atoms with van der Waals surface area (Å²) in [6, 6.07) is 13.0. The van der Waals surface area contributed by atoms with E-state index in [1.807, 2.05) is 10.8 Å². The molecule has 4 rings (SSSR count). The fourth-order valence-electron chi connectivity index (χ4n) is 3.38. The quantitative estimate of drug-likeness (QED) is 0.454. The number of nitrogens with zero attached hydrogens (tertiary/aromatic N) is 1. The molecule has 9 nitrogen and oxygen atoms in total. The van der Waals surface area contributed by atoms with Gasteiger partial charge in [0.1, 0.15) is 15.3 Å². The Morgan fingerprint density at radius 1 is 1.09 bits per heavy atom. The predicted octanol–water partition coefficient (Wildman–Crippen LogP) is 4.05. The van der Waals surface area contributed by atoms with Crippen LogP contribution < -0.4 is 24.4 Å². The molecule has 35 heavy (non-hydrogen) atoms. The second-order valence-corrected chi connectivity index (χ2v) is 11.4. The van der Waals surface area contributed by atoms with Gasteiger partial charge in [-0.3, -0.25) is 4.79 Å². The van der Waals surface area contributed by atoms with Gasteiger partial charge >= 0.3 is 6.03 Å². The van der Waals surface area contributed by atoms with E-state index in [0.717, 1.165) is 23.0 Å². The molecule has 1 aliphatic rings. The van der Waals surface area contributed by atoms with Crippen LogP contribution in [0.1, 0.15) is 5.56 Å². The van der Waals surface area contributed by atoms with E-state index in [0.29, 0.717) is 17.2 Å². The molecule has 1 unspecified atom stereocenters. The van der Waals surface area contributed by atoms with Crippen molar-refractivity contribution in [3.8, 4) is 11.5 Å². The number of carbonyl (C=O) groups excluding carboxylic acids is 2. The first-order chi connectivity index (χ1) is 16.6. The maximum Gasteiger partial charge on any atom is 0.329 e. The number of benzene rings is 2. The van der Waals surface area contributed by atoms with Crippen molar-refractivity contribution in [1.29, 1.82) is 0 Å². The number of thiophene rings is 1. The Kier molecular flexibility index (Phi) is 7.41. The third-order valence-corrected chi connectivity index (χ3v) is 8.19. The summed E-state index contributed by atoms with van der Waals surface area (Å²) in [5, 5.41) is 2.47. The second-order valence-electron chi connectivity index (χ2n) is 7.44. The van der Waals surface area contributed by atoms with Gasteiger partial charge in [0.2, 0.25) is 12.7 Å². The summed E-state index contributed by atoms with van der Waals surface area (Å²) >= 11 is 12.6. The van der Waals surface area contributed by atoms with Gasteiger partial charge in [-0.1, -0.05) is 53.5 Å². The Labute approximate surface area is 215 Å². The lowest BCUT2D eigenvalue weighted by molar-refractivity contribution is -0.120. The second kappa shape index (κ2) is 10.3. The standard InChI is InChI=1S/C22H19Cl2N3O6S2/c1-27(14-7-8-16-17(10-14)33-12-32-16)21(28)15(9-13-5-3-2-4-6-13)25-22(29)26-35(30,31)18-11-19(23)34-20(18)24/h2-8,10-11,15H,9,12H2,1H3,(H2,25,26,29). The van der Waals surface area contributed by atoms with Crippen LogP contribution in [0.2, 0.25) is 8.67 Å². The van der Waals surface area contributed by atoms with Crippen molar-refractivity contribution in [3.05, 3.63) is 68.8 Å². The van der Waals surface area contributed by atoms with E-state index in [-0.39, 0.29) is 26.8 Å². The number of rotatable bonds is 7. The van der Waals surface area contributed by atoms with Crippen LogP contribution in [0.4, 0.5) is 10.5 Å². The minimum atomic E-state index is -4.32. The molecule has 3 amide bonds. The van der Waals surface area contributed by atoms with Crippen LogP contribution in [-0.4, -0.2) is 40.2 Å². The van der Waals surface area contributed by atoms with Crippen molar-refractivity contribution in [1.82, 2.24) is 10.0 Å². The molecule has 0 aliphatic carbocycles. The monoisotopic (exact) mass is 555 g/mol. The van der Waals surface area contributed by atoms with E-state index in [2.05, 4.69) is 5.32 Å². The Morgan fingerprint density at radius 3 is 2.49 bits per heavy atom. The fourth-order valence-corrected chi connectivity index (χ4v) is 6.44. The third-order valence-electron chi connectivity index (χ3n) is 5.10. The van der Waals surface area contributed by atoms with Gasteiger partial charge in [0, 0.05) is 25.2 Å². The van der Waals surface area contributed by atoms with Gasteiger partial charge in [-0.25, -0.2) is 17.9 Å². The number of fused-ring (bicyclic) bond motifs is 1. The minimum absolute atomic E-state index is 0.0860. The van der Waals surface area contributed by atoms with Crippen molar-refractivity contribution in [2.45, 2.75) is 17.4 Å². The minimum Gasteiger partial charge on any atom is -0.454 e. The summed E-state index contributed by atoms with van der Waals surface area (Å²) in [6.07, 6.45) is 0.118. The highest BCUT2D eigenvalue weighted by Crippen LogP contribution is 2.36. The number of ether oxygens (including phenoxy) is 2. The molecule has 0 spiro atoms. The molecule has 1 atom stereocenters. The Balaban J connectivity index is 1.54. The van der Waals surface area contributed by atoms with Crippen LogP contribution in [0.15, 0.2) is 59.5 Å². The number of likely N-dealkylation sites (N-methyl/N-ethyl adjacent to an activating group) is 1. The zero-order valence-electron chi connectivity index (χ0n) is 18.2. The number of anilines is 1. The SMILES string of the molecule is CN(C(=O)C(Cc1ccccc1)NC(=O)NS(=O)(=O)c1cc(Cl)sc1Cl)c1ccc2c(c1)OCO2. The molecule has 13 heteroatoms. The van der Waals surface area contributed by atoms with Crippen molar-refractivity contribution in [2.24, 2.45) is 0 Å². The Bertz CT molecular complexity index is 1360. The van der Waals surface area contributed by atoms with Crippen molar-refractivity contribution in [2.75, 3.05) is 18.7 Å². The fraction of sp³-hybridized carbons (Fsp3) is 0.182. The van der Waals surface area contributed by atoms with Crippen molar-refractivity contribution in [3.63, 3.8) is 0 Å². The number of urea groups is 1. The van der Waals surface area contributed by atoms with E-state index < -0.39 is 28.0 Å². The van der Waals surface area contributed by atoms with Crippen LogP contribution in [0.3, 0.4) is 0 Å². The van der Waals surface area contributed by atoms with Crippen LogP contribution in [0, 0.1) is 0 Å². The van der Waals surface area contributed by atoms with Crippen LogP contribution in [0.25, 0.3) is 0 Å². The highest BCUT2D eigenvalue weighted by Gasteiger charge is 2.29. The smallest absolute Gasteiger partial charge is 0.329 e. The van der Waals surface area contributed by atoms with Gasteiger partial charge in [-0.05, 0) is 23.8 Å². The summed E-state index contributed by atoms with van der Waals surface area (Å²) in [5.74, 6) is 0.576. The highest BCUT2D eigenvalue weighted by atomic mass is 35.5. The molecule has 0 fully saturated rings. The zero-order valence-corrected chi connectivity index (χ0v) is 21.3. The first kappa shape index (κ1) is 25.1. The number of hydrogen-bond donors (Lipinski definition) is 2. The maximum atomic E-state index is 13.4. The zero-order chi connectivity index (χ0) is 25.2. The third kappa shape index (κ3) is 5.81. The van der Waals surface area contributed by atoms with Gasteiger partial charge in [0.05, 0.1) is 4.34 Å². The molecule has 3 aromatic rings. The molecule has 2 N–H and O–H groups in total. The van der Waals surface area contributed by atoms with E-state index in [9.17, 15) is 18.0 Å². The normalized spacial score (nSPS) is 13.2. The first-order valence-corrected chi connectivity index (χ1v) is 13.2. The number of carbonyl (C=O) groups is 2. The highest BCUT2D eigenvalue weighted by molar-refractivity contribution is 7.90. The summed E-state index contributed by atoms with van der Waals surface area (Å²) in [6.45, 7) is 0.0860. The van der Waals surface area contributed by atoms with Crippen molar-refractivity contribution >= 4 is 62.2 Å². The molecule has 184 valence electrons. The van der Waals surface area contributed by atoms with Crippen molar-refractivity contribution < 1.29 is 27.5 Å². The average Bonchev–Trinajstić information content (AvgIpc) is 3.43. The topological polar surface area (TPSA) is 114 Å². The molecule has 1 aromatic heterocycles. The molecule has 1 aliphatic heterocycles. The van der Waals surface area contributed by atoms with Gasteiger partial charge in [-0.2, -0.15) is 0 Å². The summed E-state index contributed by atoms with van der Waals surface area (Å²) in [4.78, 5) is 27.1. The predicted molar refractivity (Wildman–Crippen MR) is 133 cm³/mol. The maximum absolute atomic E-state index is 13.4. The first-order valence-electron chi connectivity index (χ1n) is 10.1. The number of nitrogens with one attached hydrogen (secondary N) is 2. The number of sulfonamides is 1. The van der Waals surface area contributed by atoms with E-state index in [1.54, 1.807) is 49.5 Å². The largest absolute Gasteiger partial charge is 0.454 e.